The number of benzene rings is 1. The Bertz CT molecular complexity index is 954. The number of aromatic nitrogens is 3. The van der Waals surface area contributed by atoms with E-state index in [0.29, 0.717) is 17.2 Å². The summed E-state index contributed by atoms with van der Waals surface area (Å²) in [5.74, 6) is 0.241. The van der Waals surface area contributed by atoms with Crippen LogP contribution in [0.25, 0.3) is 11.3 Å². The van der Waals surface area contributed by atoms with Gasteiger partial charge >= 0.3 is 6.36 Å². The minimum atomic E-state index is -4.78. The molecule has 0 radical (unpaired) electrons. The first-order valence-electron chi connectivity index (χ1n) is 8.62. The number of aliphatic hydroxyl groups excluding tert-OH is 1. The summed E-state index contributed by atoms with van der Waals surface area (Å²) in [4.78, 5) is 12.8. The van der Waals surface area contributed by atoms with Crippen LogP contribution in [0.1, 0.15) is 6.92 Å². The zero-order valence-corrected chi connectivity index (χ0v) is 15.3. The lowest BCUT2D eigenvalue weighted by molar-refractivity contribution is -0.274. The van der Waals surface area contributed by atoms with Crippen molar-refractivity contribution in [2.24, 2.45) is 0 Å². The lowest BCUT2D eigenvalue weighted by atomic mass is 10.2. The first kappa shape index (κ1) is 20.3. The Morgan fingerprint density at radius 3 is 2.66 bits per heavy atom. The number of hydrogen-bond donors (Lipinski definition) is 3. The standard InChI is InChI=1S/C19H18F3N5O2/c1-12(11-28)24-18-26-16(13-4-3-7-23-10-13)9-17(27-18)25-14-5-2-6-15(8-14)29-19(20,21)22/h2-10,12,28H,11H2,1H3,(H2,24,25,26,27)/t12-/m1/s1. The van der Waals surface area contributed by atoms with Crippen molar-refractivity contribution in [1.82, 2.24) is 15.0 Å². The zero-order chi connectivity index (χ0) is 20.9. The third-order valence-electron chi connectivity index (χ3n) is 3.67. The first-order chi connectivity index (χ1) is 13.8. The molecule has 3 rings (SSSR count). The molecule has 1 atom stereocenters. The second-order valence-electron chi connectivity index (χ2n) is 6.13. The molecule has 0 bridgehead atoms. The van der Waals surface area contributed by atoms with Crippen molar-refractivity contribution in [3.63, 3.8) is 0 Å². The number of hydrogen-bond acceptors (Lipinski definition) is 7. The summed E-state index contributed by atoms with van der Waals surface area (Å²) in [6.45, 7) is 1.63. The Hall–Kier alpha value is -3.40. The number of nitrogens with zero attached hydrogens (tertiary/aromatic N) is 3. The molecule has 0 aliphatic heterocycles. The third-order valence-corrected chi connectivity index (χ3v) is 3.67. The molecule has 2 aromatic heterocycles. The van der Waals surface area contributed by atoms with Crippen LogP contribution in [0.2, 0.25) is 0 Å². The van der Waals surface area contributed by atoms with E-state index in [9.17, 15) is 18.3 Å². The van der Waals surface area contributed by atoms with E-state index in [1.807, 2.05) is 6.07 Å². The highest BCUT2D eigenvalue weighted by Crippen LogP contribution is 2.28. The van der Waals surface area contributed by atoms with Crippen molar-refractivity contribution in [1.29, 1.82) is 0 Å². The van der Waals surface area contributed by atoms with Gasteiger partial charge in [-0.2, -0.15) is 4.98 Å². The van der Waals surface area contributed by atoms with E-state index in [0.717, 1.165) is 5.56 Å². The minimum Gasteiger partial charge on any atom is -0.406 e. The summed E-state index contributed by atoms with van der Waals surface area (Å²) < 4.78 is 41.3. The van der Waals surface area contributed by atoms with E-state index in [4.69, 9.17) is 0 Å². The smallest absolute Gasteiger partial charge is 0.406 e. The largest absolute Gasteiger partial charge is 0.573 e. The number of rotatable bonds is 7. The molecule has 0 amide bonds. The third kappa shape index (κ3) is 6.04. The molecule has 0 unspecified atom stereocenters. The Labute approximate surface area is 164 Å². The summed E-state index contributed by atoms with van der Waals surface area (Å²) >= 11 is 0. The van der Waals surface area contributed by atoms with Crippen molar-refractivity contribution in [3.8, 4) is 17.0 Å². The van der Waals surface area contributed by atoms with Crippen molar-refractivity contribution in [2.45, 2.75) is 19.3 Å². The van der Waals surface area contributed by atoms with E-state index >= 15 is 0 Å². The van der Waals surface area contributed by atoms with Crippen LogP contribution in [-0.2, 0) is 0 Å². The van der Waals surface area contributed by atoms with Crippen molar-refractivity contribution < 1.29 is 23.0 Å². The summed E-state index contributed by atoms with van der Waals surface area (Å²) in [7, 11) is 0. The fourth-order valence-corrected chi connectivity index (χ4v) is 2.42. The van der Waals surface area contributed by atoms with Crippen molar-refractivity contribution >= 4 is 17.5 Å². The predicted octanol–water partition coefficient (Wildman–Crippen LogP) is 3.97. The topological polar surface area (TPSA) is 92.2 Å². The Balaban J connectivity index is 1.92. The van der Waals surface area contributed by atoms with Gasteiger partial charge in [-0.15, -0.1) is 13.2 Å². The van der Waals surface area contributed by atoms with Gasteiger partial charge in [0.2, 0.25) is 5.95 Å². The van der Waals surface area contributed by atoms with E-state index in [2.05, 4.69) is 30.3 Å². The maximum absolute atomic E-state index is 12.5. The van der Waals surface area contributed by atoms with Crippen molar-refractivity contribution in [2.75, 3.05) is 17.2 Å². The van der Waals surface area contributed by atoms with Gasteiger partial charge in [-0.05, 0) is 31.2 Å². The van der Waals surface area contributed by atoms with Gasteiger partial charge in [0.25, 0.3) is 0 Å². The highest BCUT2D eigenvalue weighted by molar-refractivity contribution is 5.67. The van der Waals surface area contributed by atoms with Gasteiger partial charge in [0, 0.05) is 41.8 Å². The maximum atomic E-state index is 12.5. The number of ether oxygens (including phenoxy) is 1. The molecule has 1 aromatic carbocycles. The van der Waals surface area contributed by atoms with Crippen LogP contribution in [0.15, 0.2) is 54.9 Å². The summed E-state index contributed by atoms with van der Waals surface area (Å²) in [6.07, 6.45) is -1.52. The summed E-state index contributed by atoms with van der Waals surface area (Å²) in [5, 5.41) is 15.2. The molecular formula is C19H18F3N5O2. The fourth-order valence-electron chi connectivity index (χ4n) is 2.42. The van der Waals surface area contributed by atoms with Gasteiger partial charge in [-0.1, -0.05) is 6.07 Å². The molecular weight excluding hydrogens is 387 g/mol. The van der Waals surface area contributed by atoms with Gasteiger partial charge in [0.15, 0.2) is 0 Å². The van der Waals surface area contributed by atoms with Gasteiger partial charge < -0.3 is 20.5 Å². The summed E-state index contributed by atoms with van der Waals surface area (Å²) in [6, 6.07) is 10.3. The number of pyridine rings is 1. The average Bonchev–Trinajstić information content (AvgIpc) is 2.67. The van der Waals surface area contributed by atoms with E-state index in [1.165, 1.54) is 18.2 Å². The van der Waals surface area contributed by atoms with Gasteiger partial charge in [0.1, 0.15) is 11.6 Å². The molecule has 0 fully saturated rings. The quantitative estimate of drug-likeness (QED) is 0.548. The SMILES string of the molecule is C[C@H](CO)Nc1nc(Nc2cccc(OC(F)(F)F)c2)cc(-c2cccnc2)n1. The molecule has 0 saturated heterocycles. The van der Waals surface area contributed by atoms with E-state index in [-0.39, 0.29) is 24.3 Å². The first-order valence-corrected chi connectivity index (χ1v) is 8.62. The zero-order valence-electron chi connectivity index (χ0n) is 15.3. The van der Waals surface area contributed by atoms with Gasteiger partial charge in [-0.3, -0.25) is 4.98 Å². The second kappa shape index (κ2) is 8.74. The minimum absolute atomic E-state index is 0.125. The molecule has 2 heterocycles. The molecule has 10 heteroatoms. The number of aliphatic hydroxyl groups is 1. The molecule has 0 saturated carbocycles. The second-order valence-corrected chi connectivity index (χ2v) is 6.13. The van der Waals surface area contributed by atoms with Crippen LogP contribution < -0.4 is 15.4 Å². The van der Waals surface area contributed by atoms with Gasteiger partial charge in [0.05, 0.1) is 12.3 Å². The molecule has 152 valence electrons. The van der Waals surface area contributed by atoms with Crippen LogP contribution >= 0.6 is 0 Å². The van der Waals surface area contributed by atoms with E-state index < -0.39 is 6.36 Å². The Morgan fingerprint density at radius 1 is 1.14 bits per heavy atom. The van der Waals surface area contributed by atoms with E-state index in [1.54, 1.807) is 37.5 Å². The maximum Gasteiger partial charge on any atom is 0.573 e. The Morgan fingerprint density at radius 2 is 1.97 bits per heavy atom. The molecule has 0 aliphatic rings. The predicted molar refractivity (Wildman–Crippen MR) is 102 cm³/mol. The lowest BCUT2D eigenvalue weighted by Crippen LogP contribution is -2.21. The average molecular weight is 405 g/mol. The number of halogens is 3. The molecule has 3 aromatic rings. The normalized spacial score (nSPS) is 12.3. The van der Waals surface area contributed by atoms with Crippen molar-refractivity contribution in [3.05, 3.63) is 54.9 Å². The number of alkyl halides is 3. The monoisotopic (exact) mass is 405 g/mol. The van der Waals surface area contributed by atoms with Crippen LogP contribution in [-0.4, -0.2) is 39.1 Å². The van der Waals surface area contributed by atoms with Crippen LogP contribution in [0.5, 0.6) is 5.75 Å². The molecule has 0 spiro atoms. The highest BCUT2D eigenvalue weighted by atomic mass is 19.4. The number of anilines is 3. The molecule has 3 N–H and O–H groups in total. The molecule has 0 aliphatic carbocycles. The van der Waals surface area contributed by atoms with Crippen LogP contribution in [0.3, 0.4) is 0 Å². The fraction of sp³-hybridized carbons (Fsp3) is 0.211. The molecule has 29 heavy (non-hydrogen) atoms. The van der Waals surface area contributed by atoms with Crippen LogP contribution in [0.4, 0.5) is 30.6 Å². The Kier molecular flexibility index (Phi) is 6.13. The lowest BCUT2D eigenvalue weighted by Gasteiger charge is -2.15. The van der Waals surface area contributed by atoms with Gasteiger partial charge in [-0.25, -0.2) is 4.98 Å². The number of nitrogens with one attached hydrogen (secondary N) is 2. The molecule has 7 nitrogen and oxygen atoms in total. The highest BCUT2D eigenvalue weighted by Gasteiger charge is 2.31. The van der Waals surface area contributed by atoms with Crippen LogP contribution in [0, 0.1) is 0 Å². The summed E-state index contributed by atoms with van der Waals surface area (Å²) in [5.41, 5.74) is 1.63.